The summed E-state index contributed by atoms with van der Waals surface area (Å²) in [6.45, 7) is 1.78. The van der Waals surface area contributed by atoms with Gasteiger partial charge in [0.2, 0.25) is 5.91 Å². The number of benzene rings is 1. The van der Waals surface area contributed by atoms with Gasteiger partial charge in [-0.05, 0) is 57.0 Å². The maximum atomic E-state index is 12.2. The van der Waals surface area contributed by atoms with Gasteiger partial charge in [-0.1, -0.05) is 6.07 Å². The molecule has 1 aliphatic carbocycles. The predicted molar refractivity (Wildman–Crippen MR) is 88.4 cm³/mol. The second-order valence-corrected chi connectivity index (χ2v) is 5.84. The molecule has 5 nitrogen and oxygen atoms in total. The van der Waals surface area contributed by atoms with Crippen LogP contribution in [0.3, 0.4) is 0 Å². The van der Waals surface area contributed by atoms with Crippen molar-refractivity contribution in [2.75, 3.05) is 18.4 Å². The van der Waals surface area contributed by atoms with Gasteiger partial charge in [0.1, 0.15) is 0 Å². The van der Waals surface area contributed by atoms with Gasteiger partial charge in [0.05, 0.1) is 0 Å². The maximum Gasteiger partial charge on any atom is 0.251 e. The van der Waals surface area contributed by atoms with Crippen LogP contribution in [0.25, 0.3) is 0 Å². The Bertz CT molecular complexity index is 540. The van der Waals surface area contributed by atoms with E-state index in [1.807, 2.05) is 6.07 Å². The summed E-state index contributed by atoms with van der Waals surface area (Å²) in [5, 5.41) is 9.13. The Morgan fingerprint density at radius 2 is 1.82 bits per heavy atom. The molecule has 2 fully saturated rings. The molecule has 2 amide bonds. The van der Waals surface area contributed by atoms with E-state index < -0.39 is 0 Å². The van der Waals surface area contributed by atoms with Gasteiger partial charge < -0.3 is 16.0 Å². The summed E-state index contributed by atoms with van der Waals surface area (Å²) in [5.41, 5.74) is 1.30. The average molecular weight is 324 g/mol. The van der Waals surface area contributed by atoms with E-state index in [-0.39, 0.29) is 30.1 Å². The molecule has 0 unspecified atom stereocenters. The van der Waals surface area contributed by atoms with Gasteiger partial charge in [0, 0.05) is 23.2 Å². The lowest BCUT2D eigenvalue weighted by molar-refractivity contribution is -0.120. The quantitative estimate of drug-likeness (QED) is 0.793. The number of carbonyl (C=O) groups is 2. The lowest BCUT2D eigenvalue weighted by Gasteiger charge is -2.21. The average Bonchev–Trinajstić information content (AvgIpc) is 3.32. The standard InChI is InChI=1S/C16H21N3O2.ClH/c20-15(11-6-8-17-9-7-11)19-14-3-1-2-12(10-14)16(21)18-13-4-5-13;/h1-3,10-11,13,17H,4-9H2,(H,18,21)(H,19,20);1H. The highest BCUT2D eigenvalue weighted by Crippen LogP contribution is 2.20. The molecule has 3 rings (SSSR count). The molecule has 2 aliphatic rings. The van der Waals surface area contributed by atoms with Gasteiger partial charge >= 0.3 is 0 Å². The van der Waals surface area contributed by atoms with Crippen LogP contribution in [0.2, 0.25) is 0 Å². The molecule has 1 saturated heterocycles. The Morgan fingerprint density at radius 3 is 2.50 bits per heavy atom. The summed E-state index contributed by atoms with van der Waals surface area (Å²) in [6.07, 6.45) is 3.87. The van der Waals surface area contributed by atoms with Crippen LogP contribution in [-0.2, 0) is 4.79 Å². The number of anilines is 1. The molecule has 1 saturated carbocycles. The van der Waals surface area contributed by atoms with Crippen LogP contribution in [0.4, 0.5) is 5.69 Å². The molecule has 1 heterocycles. The molecular formula is C16H22ClN3O2. The van der Waals surface area contributed by atoms with Crippen molar-refractivity contribution in [1.29, 1.82) is 0 Å². The third kappa shape index (κ3) is 4.45. The first-order valence-electron chi connectivity index (χ1n) is 7.65. The first-order valence-corrected chi connectivity index (χ1v) is 7.65. The Labute approximate surface area is 136 Å². The topological polar surface area (TPSA) is 70.2 Å². The Balaban J connectivity index is 0.00000176. The third-order valence-electron chi connectivity index (χ3n) is 4.01. The van der Waals surface area contributed by atoms with Gasteiger partial charge in [0.25, 0.3) is 5.91 Å². The highest BCUT2D eigenvalue weighted by atomic mass is 35.5. The largest absolute Gasteiger partial charge is 0.349 e. The minimum atomic E-state index is -0.0598. The monoisotopic (exact) mass is 323 g/mol. The van der Waals surface area contributed by atoms with E-state index in [0.717, 1.165) is 38.8 Å². The van der Waals surface area contributed by atoms with Gasteiger partial charge in [-0.25, -0.2) is 0 Å². The molecule has 0 radical (unpaired) electrons. The minimum absolute atomic E-state index is 0. The fourth-order valence-electron chi connectivity index (χ4n) is 2.56. The summed E-state index contributed by atoms with van der Waals surface area (Å²) in [4.78, 5) is 24.2. The zero-order valence-electron chi connectivity index (χ0n) is 12.4. The van der Waals surface area contributed by atoms with Crippen LogP contribution >= 0.6 is 12.4 Å². The number of halogens is 1. The zero-order valence-corrected chi connectivity index (χ0v) is 13.2. The molecular weight excluding hydrogens is 302 g/mol. The molecule has 6 heteroatoms. The summed E-state index contributed by atoms with van der Waals surface area (Å²) < 4.78 is 0. The number of piperidine rings is 1. The number of rotatable bonds is 4. The lowest BCUT2D eigenvalue weighted by Crippen LogP contribution is -2.34. The SMILES string of the molecule is Cl.O=C(NC1CC1)c1cccc(NC(=O)C2CCNCC2)c1. The van der Waals surface area contributed by atoms with E-state index in [1.54, 1.807) is 18.2 Å². The lowest BCUT2D eigenvalue weighted by atomic mass is 9.97. The van der Waals surface area contributed by atoms with Crippen molar-refractivity contribution in [2.24, 2.45) is 5.92 Å². The van der Waals surface area contributed by atoms with Crippen molar-refractivity contribution in [3.63, 3.8) is 0 Å². The fourth-order valence-corrected chi connectivity index (χ4v) is 2.56. The first-order chi connectivity index (χ1) is 10.2. The second kappa shape index (κ2) is 7.61. The number of hydrogen-bond donors (Lipinski definition) is 3. The highest BCUT2D eigenvalue weighted by molar-refractivity contribution is 5.97. The van der Waals surface area contributed by atoms with Crippen molar-refractivity contribution in [1.82, 2.24) is 10.6 Å². The van der Waals surface area contributed by atoms with Crippen molar-refractivity contribution in [3.8, 4) is 0 Å². The van der Waals surface area contributed by atoms with E-state index in [2.05, 4.69) is 16.0 Å². The molecule has 120 valence electrons. The number of hydrogen-bond acceptors (Lipinski definition) is 3. The number of amides is 2. The van der Waals surface area contributed by atoms with E-state index in [1.165, 1.54) is 0 Å². The third-order valence-corrected chi connectivity index (χ3v) is 4.01. The number of carbonyl (C=O) groups excluding carboxylic acids is 2. The van der Waals surface area contributed by atoms with Crippen LogP contribution in [0.1, 0.15) is 36.0 Å². The van der Waals surface area contributed by atoms with E-state index in [0.29, 0.717) is 17.3 Å². The molecule has 0 spiro atoms. The molecule has 22 heavy (non-hydrogen) atoms. The first kappa shape index (κ1) is 16.8. The van der Waals surface area contributed by atoms with Gasteiger partial charge in [-0.15, -0.1) is 12.4 Å². The van der Waals surface area contributed by atoms with Crippen LogP contribution in [-0.4, -0.2) is 30.9 Å². The number of nitrogens with one attached hydrogen (secondary N) is 3. The van der Waals surface area contributed by atoms with Crippen molar-refractivity contribution >= 4 is 29.9 Å². The Kier molecular flexibility index (Phi) is 5.80. The molecule has 0 aromatic heterocycles. The zero-order chi connectivity index (χ0) is 14.7. The predicted octanol–water partition coefficient (Wildman–Crippen LogP) is 1.94. The molecule has 0 atom stereocenters. The smallest absolute Gasteiger partial charge is 0.251 e. The summed E-state index contributed by atoms with van der Waals surface area (Å²) in [6, 6.07) is 7.49. The second-order valence-electron chi connectivity index (χ2n) is 5.84. The summed E-state index contributed by atoms with van der Waals surface area (Å²) >= 11 is 0. The molecule has 0 bridgehead atoms. The van der Waals surface area contributed by atoms with Gasteiger partial charge in [0.15, 0.2) is 0 Å². The molecule has 1 aliphatic heterocycles. The van der Waals surface area contributed by atoms with Crippen molar-refractivity contribution in [3.05, 3.63) is 29.8 Å². The van der Waals surface area contributed by atoms with Crippen LogP contribution in [0.15, 0.2) is 24.3 Å². The molecule has 3 N–H and O–H groups in total. The van der Waals surface area contributed by atoms with Gasteiger partial charge in [-0.2, -0.15) is 0 Å². The summed E-state index contributed by atoms with van der Waals surface area (Å²) in [7, 11) is 0. The normalized spacial score (nSPS) is 18.2. The highest BCUT2D eigenvalue weighted by Gasteiger charge is 2.24. The van der Waals surface area contributed by atoms with E-state index in [4.69, 9.17) is 0 Å². The molecule has 1 aromatic carbocycles. The summed E-state index contributed by atoms with van der Waals surface area (Å²) in [5.74, 6) is 0.0573. The fraction of sp³-hybridized carbons (Fsp3) is 0.500. The Morgan fingerprint density at radius 1 is 1.09 bits per heavy atom. The minimum Gasteiger partial charge on any atom is -0.349 e. The Hall–Kier alpha value is -1.59. The van der Waals surface area contributed by atoms with Crippen LogP contribution < -0.4 is 16.0 Å². The van der Waals surface area contributed by atoms with Gasteiger partial charge in [-0.3, -0.25) is 9.59 Å². The van der Waals surface area contributed by atoms with E-state index >= 15 is 0 Å². The molecule has 1 aromatic rings. The van der Waals surface area contributed by atoms with Crippen molar-refractivity contribution < 1.29 is 9.59 Å². The van der Waals surface area contributed by atoms with E-state index in [9.17, 15) is 9.59 Å². The maximum absolute atomic E-state index is 12.2. The van der Waals surface area contributed by atoms with Crippen LogP contribution in [0, 0.1) is 5.92 Å². The van der Waals surface area contributed by atoms with Crippen molar-refractivity contribution in [2.45, 2.75) is 31.7 Å². The van der Waals surface area contributed by atoms with Crippen LogP contribution in [0.5, 0.6) is 0 Å².